The molecular weight excluding hydrogens is 922 g/mol. The molecule has 0 aromatic heterocycles. The van der Waals surface area contributed by atoms with Gasteiger partial charge in [0.1, 0.15) is 43.2 Å². The molecule has 0 aliphatic heterocycles. The summed E-state index contributed by atoms with van der Waals surface area (Å²) in [6, 6.07) is 0. The van der Waals surface area contributed by atoms with E-state index in [-0.39, 0.29) is 19.3 Å². The largest absolute Gasteiger partial charge is 0.472 e. The van der Waals surface area contributed by atoms with Crippen molar-refractivity contribution < 1.29 is 82.0 Å². The van der Waals surface area contributed by atoms with E-state index in [0.29, 0.717) is 12.8 Å². The Balaban J connectivity index is 2.68. The summed E-state index contributed by atoms with van der Waals surface area (Å²) in [5.74, 6) is -1.49. The average Bonchev–Trinajstić information content (AvgIpc) is 3.29. The zero-order valence-electron chi connectivity index (χ0n) is 40.1. The molecule has 0 amide bonds. The molecule has 17 nitrogen and oxygen atoms in total. The molecule has 0 aromatic rings. The van der Waals surface area contributed by atoms with Gasteiger partial charge in [-0.05, 0) is 64.2 Å². The van der Waals surface area contributed by atoms with Crippen LogP contribution in [-0.4, -0.2) is 114 Å². The van der Waals surface area contributed by atoms with Gasteiger partial charge < -0.3 is 49.7 Å². The molecule has 1 fully saturated rings. The van der Waals surface area contributed by atoms with Crippen LogP contribution >= 0.6 is 15.6 Å². The van der Waals surface area contributed by atoms with Crippen molar-refractivity contribution in [2.75, 3.05) is 13.2 Å². The number of carbonyl (C=O) groups excluding carboxylic acids is 2. The molecule has 8 N–H and O–H groups in total. The molecule has 6 unspecified atom stereocenters. The van der Waals surface area contributed by atoms with Gasteiger partial charge in [-0.1, -0.05) is 157 Å². The van der Waals surface area contributed by atoms with Crippen LogP contribution in [0.2, 0.25) is 0 Å². The summed E-state index contributed by atoms with van der Waals surface area (Å²) in [4.78, 5) is 54.3. The predicted molar refractivity (Wildman–Crippen MR) is 261 cm³/mol. The normalized spacial score (nSPS) is 22.4. The number of phosphoric acid groups is 2. The van der Waals surface area contributed by atoms with Crippen molar-refractivity contribution in [3.05, 3.63) is 85.1 Å². The lowest BCUT2D eigenvalue weighted by molar-refractivity contribution is -0.216. The van der Waals surface area contributed by atoms with Gasteiger partial charge in [-0.25, -0.2) is 9.13 Å². The van der Waals surface area contributed by atoms with Gasteiger partial charge in [-0.3, -0.25) is 23.2 Å². The summed E-state index contributed by atoms with van der Waals surface area (Å²) < 4.78 is 49.2. The molecule has 1 saturated carbocycles. The van der Waals surface area contributed by atoms with Crippen molar-refractivity contribution in [2.24, 2.45) is 0 Å². The number of hydrogen-bond acceptors (Lipinski definition) is 14. The lowest BCUT2D eigenvalue weighted by atomic mass is 9.85. The first-order valence-corrected chi connectivity index (χ1v) is 27.3. The predicted octanol–water partition coefficient (Wildman–Crippen LogP) is 8.36. The highest BCUT2D eigenvalue weighted by molar-refractivity contribution is 7.47. The van der Waals surface area contributed by atoms with E-state index in [1.54, 1.807) is 12.2 Å². The fourth-order valence-electron chi connectivity index (χ4n) is 6.84. The second-order valence-electron chi connectivity index (χ2n) is 16.6. The van der Waals surface area contributed by atoms with Gasteiger partial charge in [0.15, 0.2) is 6.10 Å². The van der Waals surface area contributed by atoms with Gasteiger partial charge in [-0.15, -0.1) is 0 Å². The number of unbranched alkanes of at least 4 members (excludes halogenated alkanes) is 11. The monoisotopic (exact) mass is 1000 g/mol. The molecule has 0 radical (unpaired) electrons. The summed E-state index contributed by atoms with van der Waals surface area (Å²) >= 11 is 0. The van der Waals surface area contributed by atoms with Crippen molar-refractivity contribution in [1.29, 1.82) is 0 Å². The quantitative estimate of drug-likeness (QED) is 0.00944. The first-order valence-electron chi connectivity index (χ1n) is 24.2. The zero-order valence-corrected chi connectivity index (χ0v) is 41.9. The van der Waals surface area contributed by atoms with Crippen molar-refractivity contribution in [3.63, 3.8) is 0 Å². The fourth-order valence-corrected chi connectivity index (χ4v) is 8.38. The number of aliphatic hydroxyl groups is 5. The van der Waals surface area contributed by atoms with E-state index < -0.39 is 89.6 Å². The van der Waals surface area contributed by atoms with E-state index in [4.69, 9.17) is 18.5 Å². The number of hydrogen-bond donors (Lipinski definition) is 8. The third-order valence-corrected chi connectivity index (χ3v) is 12.1. The number of phosphoric ester groups is 2. The van der Waals surface area contributed by atoms with Crippen LogP contribution in [0.25, 0.3) is 0 Å². The molecule has 19 heteroatoms. The lowest BCUT2D eigenvalue weighted by Gasteiger charge is -2.43. The van der Waals surface area contributed by atoms with E-state index in [2.05, 4.69) is 73.1 Å². The number of rotatable bonds is 39. The number of carbonyl (C=O) groups is 2. The second kappa shape index (κ2) is 38.8. The number of ether oxygens (including phenoxy) is 2. The van der Waals surface area contributed by atoms with E-state index in [1.165, 1.54) is 38.2 Å². The Morgan fingerprint density at radius 2 is 1.03 bits per heavy atom. The van der Waals surface area contributed by atoms with Crippen LogP contribution in [0, 0.1) is 0 Å². The van der Waals surface area contributed by atoms with Crippen LogP contribution in [-0.2, 0) is 41.8 Å². The minimum absolute atomic E-state index is 0.00279. The Bertz CT molecular complexity index is 1650. The van der Waals surface area contributed by atoms with Crippen LogP contribution in [0.4, 0.5) is 0 Å². The van der Waals surface area contributed by atoms with E-state index in [1.807, 2.05) is 12.2 Å². The standard InChI is InChI=1S/C49H82O17P2/c1-3-5-7-9-11-13-15-17-19-21-22-24-26-28-30-32-34-40(50)36-37-42(51)62-38-41(64-43(52)35-33-31-29-27-25-23-20-18-16-14-12-10-8-6-4-2)39-63-68(60,61)66-49-46(55)44(53)45(54)48(47(49)56)65-67(57,58)59/h5-8,11,13,17,19,22,24,28,30,32,34,40-41,44-50,53-56H,3-4,9-10,12,14-16,18,20-21,23,25-27,29,31,33,35-39H2,1-2H3,(H,60,61)(H2,57,58,59)/b7-5-,8-6-,13-11-,19-17-,24-22-,30-28-,34-32-/t40?,41-,44?,45?,46?,47?,48-,49+/m1/s1. The molecule has 1 rings (SSSR count). The third-order valence-electron chi connectivity index (χ3n) is 10.6. The van der Waals surface area contributed by atoms with E-state index >= 15 is 0 Å². The minimum atomic E-state index is -5.39. The van der Waals surface area contributed by atoms with Crippen molar-refractivity contribution in [2.45, 2.75) is 198 Å². The summed E-state index contributed by atoms with van der Waals surface area (Å²) in [5.41, 5.74) is 0. The maximum Gasteiger partial charge on any atom is 0.472 e. The Morgan fingerprint density at radius 1 is 0.544 bits per heavy atom. The Hall–Kier alpha value is -2.86. The molecule has 1 aliphatic carbocycles. The van der Waals surface area contributed by atoms with Crippen LogP contribution in [0.3, 0.4) is 0 Å². The SMILES string of the molecule is CC/C=C\C/C=C\C/C=C\C/C=C\C/C=C\C=C/C(O)CCC(=O)OC[C@H](COP(=O)(O)O[C@H]1C(O)C(O)C(O)[C@@H](OP(=O)(O)O)C1O)OC(=O)CCCCCCCCCCCCC/C=C\CC. The van der Waals surface area contributed by atoms with E-state index in [0.717, 1.165) is 70.6 Å². The molecule has 0 heterocycles. The molecule has 390 valence electrons. The topological polar surface area (TPSA) is 276 Å². The van der Waals surface area contributed by atoms with Gasteiger partial charge in [-0.2, -0.15) is 0 Å². The fraction of sp³-hybridized carbons (Fsp3) is 0.673. The summed E-state index contributed by atoms with van der Waals surface area (Å²) in [6.07, 6.45) is 30.0. The van der Waals surface area contributed by atoms with Crippen molar-refractivity contribution >= 4 is 27.6 Å². The molecule has 9 atom stereocenters. The first-order chi connectivity index (χ1) is 32.5. The molecule has 0 spiro atoms. The van der Waals surface area contributed by atoms with Crippen LogP contribution in [0.15, 0.2) is 85.1 Å². The lowest BCUT2D eigenvalue weighted by Crippen LogP contribution is -2.64. The molecule has 1 aliphatic rings. The maximum absolute atomic E-state index is 13.0. The van der Waals surface area contributed by atoms with Crippen LogP contribution in [0.1, 0.15) is 149 Å². The summed E-state index contributed by atoms with van der Waals surface area (Å²) in [6.45, 7) is 2.70. The third kappa shape index (κ3) is 32.9. The maximum atomic E-state index is 13.0. The summed E-state index contributed by atoms with van der Waals surface area (Å²) in [7, 11) is -10.8. The summed E-state index contributed by atoms with van der Waals surface area (Å²) in [5, 5.41) is 51.6. The molecule has 0 bridgehead atoms. The number of allylic oxidation sites excluding steroid dienone is 13. The minimum Gasteiger partial charge on any atom is -0.462 e. The number of aliphatic hydroxyl groups excluding tert-OH is 5. The number of esters is 2. The van der Waals surface area contributed by atoms with Gasteiger partial charge in [0.05, 0.1) is 12.7 Å². The van der Waals surface area contributed by atoms with Gasteiger partial charge in [0, 0.05) is 12.8 Å². The van der Waals surface area contributed by atoms with Crippen LogP contribution < -0.4 is 0 Å². The van der Waals surface area contributed by atoms with E-state index in [9.17, 15) is 58.9 Å². The van der Waals surface area contributed by atoms with Gasteiger partial charge in [0.25, 0.3) is 0 Å². The molecule has 68 heavy (non-hydrogen) atoms. The Kier molecular flexibility index (Phi) is 36.1. The van der Waals surface area contributed by atoms with Gasteiger partial charge in [0.2, 0.25) is 0 Å². The molecular formula is C49H82O17P2. The second-order valence-corrected chi connectivity index (χ2v) is 19.2. The highest BCUT2D eigenvalue weighted by Crippen LogP contribution is 2.49. The highest BCUT2D eigenvalue weighted by Gasteiger charge is 2.54. The van der Waals surface area contributed by atoms with Crippen molar-refractivity contribution in [3.8, 4) is 0 Å². The zero-order chi connectivity index (χ0) is 50.5. The Labute approximate surface area is 404 Å². The Morgan fingerprint density at radius 3 is 1.57 bits per heavy atom. The van der Waals surface area contributed by atoms with Crippen molar-refractivity contribution in [1.82, 2.24) is 0 Å². The first kappa shape index (κ1) is 63.2. The molecule has 0 saturated heterocycles. The molecule has 0 aromatic carbocycles. The smallest absolute Gasteiger partial charge is 0.462 e. The van der Waals surface area contributed by atoms with Gasteiger partial charge >= 0.3 is 27.6 Å². The highest BCUT2D eigenvalue weighted by atomic mass is 31.2. The van der Waals surface area contributed by atoms with Crippen LogP contribution in [0.5, 0.6) is 0 Å². The average molecular weight is 1010 g/mol.